The molecule has 2 N–H and O–H groups in total. The average molecular weight is 189 g/mol. The van der Waals surface area contributed by atoms with E-state index in [9.17, 15) is 9.59 Å². The molecule has 0 unspecified atom stereocenters. The number of carboxylic acid groups (broad SMARTS) is 1. The molecule has 5 nitrogen and oxygen atoms in total. The van der Waals surface area contributed by atoms with Crippen molar-refractivity contribution >= 4 is 17.6 Å². The Morgan fingerprint density at radius 2 is 2.42 bits per heavy atom. The van der Waals surface area contributed by atoms with Gasteiger partial charge in [-0.3, -0.25) is 4.79 Å². The number of hydrogen-bond donors (Lipinski definition) is 2. The fourth-order valence-electron chi connectivity index (χ4n) is 0.733. The van der Waals surface area contributed by atoms with Crippen LogP contribution in [-0.2, 0) is 11.2 Å². The molecular formula is C6H5ClN2O3. The van der Waals surface area contributed by atoms with Crippen LogP contribution in [0.25, 0.3) is 0 Å². The maximum atomic E-state index is 10.6. The Balaban J connectivity index is 3.01. The number of aromatic nitrogens is 2. The van der Waals surface area contributed by atoms with E-state index in [1.807, 2.05) is 0 Å². The summed E-state index contributed by atoms with van der Waals surface area (Å²) in [6.45, 7) is 0. The molecule has 0 aliphatic heterocycles. The van der Waals surface area contributed by atoms with Crippen molar-refractivity contribution in [1.29, 1.82) is 0 Å². The first-order valence-electron chi connectivity index (χ1n) is 3.05. The van der Waals surface area contributed by atoms with Gasteiger partial charge < -0.3 is 10.1 Å². The SMILES string of the molecule is O=C(O)Cc1cc(Cl)nc(=O)[nH]1. The summed E-state index contributed by atoms with van der Waals surface area (Å²) < 4.78 is 0. The maximum absolute atomic E-state index is 10.6. The number of halogens is 1. The van der Waals surface area contributed by atoms with Crippen LogP contribution in [0, 0.1) is 0 Å². The summed E-state index contributed by atoms with van der Waals surface area (Å²) in [5, 5.41) is 8.36. The second kappa shape index (κ2) is 3.36. The molecule has 6 heteroatoms. The number of aromatic amines is 1. The molecule has 0 amide bonds. The van der Waals surface area contributed by atoms with Gasteiger partial charge in [0.25, 0.3) is 0 Å². The van der Waals surface area contributed by atoms with Crippen molar-refractivity contribution in [2.24, 2.45) is 0 Å². The molecule has 64 valence electrons. The van der Waals surface area contributed by atoms with Gasteiger partial charge in [0.15, 0.2) is 0 Å². The van der Waals surface area contributed by atoms with Gasteiger partial charge in [-0.25, -0.2) is 4.79 Å². The van der Waals surface area contributed by atoms with Crippen LogP contribution in [0.3, 0.4) is 0 Å². The lowest BCUT2D eigenvalue weighted by molar-refractivity contribution is -0.136. The molecule has 0 fully saturated rings. The minimum atomic E-state index is -1.03. The van der Waals surface area contributed by atoms with Crippen LogP contribution >= 0.6 is 11.6 Å². The summed E-state index contributed by atoms with van der Waals surface area (Å²) in [5.74, 6) is -1.03. The molecule has 0 bridgehead atoms. The lowest BCUT2D eigenvalue weighted by Crippen LogP contribution is -2.14. The molecule has 1 aromatic rings. The third-order valence-electron chi connectivity index (χ3n) is 1.11. The molecule has 1 aromatic heterocycles. The van der Waals surface area contributed by atoms with Gasteiger partial charge in [0.1, 0.15) is 5.15 Å². The van der Waals surface area contributed by atoms with E-state index in [-0.39, 0.29) is 17.3 Å². The van der Waals surface area contributed by atoms with Gasteiger partial charge in [-0.1, -0.05) is 11.6 Å². The molecule has 1 heterocycles. The van der Waals surface area contributed by atoms with Crippen molar-refractivity contribution in [3.8, 4) is 0 Å². The lowest BCUT2D eigenvalue weighted by atomic mass is 10.3. The molecule has 1 rings (SSSR count). The second-order valence-corrected chi connectivity index (χ2v) is 2.49. The van der Waals surface area contributed by atoms with Crippen LogP contribution in [0.1, 0.15) is 5.69 Å². The third kappa shape index (κ3) is 2.35. The number of carboxylic acids is 1. The molecule has 0 spiro atoms. The molecule has 12 heavy (non-hydrogen) atoms. The number of nitrogens with zero attached hydrogens (tertiary/aromatic N) is 1. The summed E-state index contributed by atoms with van der Waals surface area (Å²) in [7, 11) is 0. The molecule has 0 aliphatic carbocycles. The predicted octanol–water partition coefficient (Wildman–Crippen LogP) is 0.0504. The average Bonchev–Trinajstić information content (AvgIpc) is 1.81. The number of aliphatic carboxylic acids is 1. The summed E-state index contributed by atoms with van der Waals surface area (Å²) in [6.07, 6.45) is -0.266. The normalized spacial score (nSPS) is 9.75. The van der Waals surface area contributed by atoms with E-state index < -0.39 is 11.7 Å². The first-order chi connectivity index (χ1) is 5.58. The summed E-state index contributed by atoms with van der Waals surface area (Å²) in [6, 6.07) is 1.30. The van der Waals surface area contributed by atoms with E-state index in [0.717, 1.165) is 0 Å². The highest BCUT2D eigenvalue weighted by molar-refractivity contribution is 6.29. The van der Waals surface area contributed by atoms with Crippen molar-refractivity contribution in [3.63, 3.8) is 0 Å². The Morgan fingerprint density at radius 1 is 1.75 bits per heavy atom. The van der Waals surface area contributed by atoms with Crippen molar-refractivity contribution in [2.75, 3.05) is 0 Å². The summed E-state index contributed by atoms with van der Waals surface area (Å²) in [5.41, 5.74) is -0.397. The smallest absolute Gasteiger partial charge is 0.346 e. The number of rotatable bonds is 2. The summed E-state index contributed by atoms with van der Waals surface area (Å²) in [4.78, 5) is 26.4. The molecule has 0 atom stereocenters. The zero-order valence-corrected chi connectivity index (χ0v) is 6.63. The quantitative estimate of drug-likeness (QED) is 0.643. The second-order valence-electron chi connectivity index (χ2n) is 2.10. The first kappa shape index (κ1) is 8.73. The Hall–Kier alpha value is -1.36. The standard InChI is InChI=1S/C6H5ClN2O3/c7-4-1-3(2-5(10)11)8-6(12)9-4/h1H,2H2,(H,10,11)(H,8,9,12). The minimum absolute atomic E-state index is 0.00463. The molecule has 0 radical (unpaired) electrons. The van der Waals surface area contributed by atoms with Crippen molar-refractivity contribution in [3.05, 3.63) is 27.4 Å². The van der Waals surface area contributed by atoms with Crippen LogP contribution in [0.4, 0.5) is 0 Å². The topological polar surface area (TPSA) is 83.0 Å². The van der Waals surface area contributed by atoms with Crippen molar-refractivity contribution in [2.45, 2.75) is 6.42 Å². The van der Waals surface area contributed by atoms with E-state index in [1.54, 1.807) is 0 Å². The Morgan fingerprint density at radius 3 is 2.92 bits per heavy atom. The van der Waals surface area contributed by atoms with Crippen LogP contribution in [0.15, 0.2) is 10.9 Å². The zero-order chi connectivity index (χ0) is 9.14. The molecular weight excluding hydrogens is 184 g/mol. The maximum Gasteiger partial charge on any atom is 0.346 e. The summed E-state index contributed by atoms with van der Waals surface area (Å²) >= 11 is 5.41. The van der Waals surface area contributed by atoms with Gasteiger partial charge in [0.2, 0.25) is 0 Å². The van der Waals surface area contributed by atoms with Gasteiger partial charge in [-0.05, 0) is 6.07 Å². The lowest BCUT2D eigenvalue weighted by Gasteiger charge is -1.95. The highest BCUT2D eigenvalue weighted by atomic mass is 35.5. The van der Waals surface area contributed by atoms with Gasteiger partial charge in [-0.15, -0.1) is 0 Å². The minimum Gasteiger partial charge on any atom is -0.481 e. The molecule has 0 saturated carbocycles. The Bertz CT molecular complexity index is 360. The van der Waals surface area contributed by atoms with Gasteiger partial charge in [0.05, 0.1) is 6.42 Å². The molecule has 0 saturated heterocycles. The van der Waals surface area contributed by atoms with E-state index in [0.29, 0.717) is 0 Å². The fourth-order valence-corrected chi connectivity index (χ4v) is 0.941. The van der Waals surface area contributed by atoms with Gasteiger partial charge in [0, 0.05) is 5.69 Å². The molecule has 0 aliphatic rings. The fraction of sp³-hybridized carbons (Fsp3) is 0.167. The first-order valence-corrected chi connectivity index (χ1v) is 3.43. The third-order valence-corrected chi connectivity index (χ3v) is 1.30. The van der Waals surface area contributed by atoms with Crippen molar-refractivity contribution in [1.82, 2.24) is 9.97 Å². The zero-order valence-electron chi connectivity index (χ0n) is 5.87. The van der Waals surface area contributed by atoms with Crippen molar-refractivity contribution < 1.29 is 9.90 Å². The van der Waals surface area contributed by atoms with E-state index in [1.165, 1.54) is 6.07 Å². The van der Waals surface area contributed by atoms with Crippen LogP contribution < -0.4 is 5.69 Å². The van der Waals surface area contributed by atoms with E-state index in [4.69, 9.17) is 16.7 Å². The van der Waals surface area contributed by atoms with Crippen LogP contribution in [-0.4, -0.2) is 21.0 Å². The largest absolute Gasteiger partial charge is 0.481 e. The Labute approximate surface area is 72.0 Å². The highest BCUT2D eigenvalue weighted by Crippen LogP contribution is 2.02. The number of carbonyl (C=O) groups is 1. The monoisotopic (exact) mass is 188 g/mol. The number of H-pyrrole nitrogens is 1. The van der Waals surface area contributed by atoms with E-state index >= 15 is 0 Å². The molecule has 0 aromatic carbocycles. The van der Waals surface area contributed by atoms with Crippen LogP contribution in [0.5, 0.6) is 0 Å². The highest BCUT2D eigenvalue weighted by Gasteiger charge is 2.02. The van der Waals surface area contributed by atoms with Gasteiger partial charge in [-0.2, -0.15) is 4.98 Å². The Kier molecular flexibility index (Phi) is 2.44. The van der Waals surface area contributed by atoms with Crippen LogP contribution in [0.2, 0.25) is 5.15 Å². The predicted molar refractivity (Wildman–Crippen MR) is 41.2 cm³/mol. The van der Waals surface area contributed by atoms with E-state index in [2.05, 4.69) is 9.97 Å². The number of nitrogens with one attached hydrogen (secondary N) is 1. The number of hydrogen-bond acceptors (Lipinski definition) is 3. The van der Waals surface area contributed by atoms with Gasteiger partial charge >= 0.3 is 11.7 Å².